The second kappa shape index (κ2) is 5.01. The van der Waals surface area contributed by atoms with Crippen LogP contribution in [0.4, 0.5) is 0 Å². The molecule has 88 valence electrons. The SMILES string of the molecule is CCC(C)N(C)C(=O)c1ccc(C)c(O)c1. The maximum atomic E-state index is 12.0. The molecule has 0 saturated heterocycles. The number of hydrogen-bond donors (Lipinski definition) is 1. The number of carbonyl (C=O) groups excluding carboxylic acids is 1. The fourth-order valence-corrected chi connectivity index (χ4v) is 1.42. The number of rotatable bonds is 3. The predicted molar refractivity (Wildman–Crippen MR) is 64.7 cm³/mol. The van der Waals surface area contributed by atoms with Crippen LogP contribution in [0.5, 0.6) is 5.75 Å². The molecule has 1 unspecified atom stereocenters. The molecule has 1 atom stereocenters. The molecule has 0 saturated carbocycles. The quantitative estimate of drug-likeness (QED) is 0.852. The lowest BCUT2D eigenvalue weighted by Gasteiger charge is -2.24. The third-order valence-corrected chi connectivity index (χ3v) is 3.03. The van der Waals surface area contributed by atoms with E-state index < -0.39 is 0 Å². The fraction of sp³-hybridized carbons (Fsp3) is 0.462. The van der Waals surface area contributed by atoms with Crippen molar-refractivity contribution < 1.29 is 9.90 Å². The Morgan fingerprint density at radius 1 is 1.50 bits per heavy atom. The number of benzene rings is 1. The summed E-state index contributed by atoms with van der Waals surface area (Å²) < 4.78 is 0. The first-order valence-electron chi connectivity index (χ1n) is 5.54. The molecular weight excluding hydrogens is 202 g/mol. The minimum Gasteiger partial charge on any atom is -0.508 e. The van der Waals surface area contributed by atoms with Crippen LogP contribution in [0.2, 0.25) is 0 Å². The highest BCUT2D eigenvalue weighted by Crippen LogP contribution is 2.19. The van der Waals surface area contributed by atoms with Gasteiger partial charge < -0.3 is 10.0 Å². The molecule has 0 heterocycles. The first-order chi connectivity index (χ1) is 7.47. The van der Waals surface area contributed by atoms with Crippen molar-refractivity contribution in [3.05, 3.63) is 29.3 Å². The van der Waals surface area contributed by atoms with E-state index >= 15 is 0 Å². The largest absolute Gasteiger partial charge is 0.508 e. The van der Waals surface area contributed by atoms with Crippen LogP contribution in [0.25, 0.3) is 0 Å². The van der Waals surface area contributed by atoms with E-state index in [1.807, 2.05) is 20.8 Å². The normalized spacial score (nSPS) is 12.2. The lowest BCUT2D eigenvalue weighted by atomic mass is 10.1. The summed E-state index contributed by atoms with van der Waals surface area (Å²) in [6.45, 7) is 5.86. The Bertz CT molecular complexity index is 388. The molecule has 0 aromatic heterocycles. The minimum atomic E-state index is -0.0512. The number of aromatic hydroxyl groups is 1. The van der Waals surface area contributed by atoms with Crippen LogP contribution in [-0.4, -0.2) is 29.0 Å². The summed E-state index contributed by atoms with van der Waals surface area (Å²) >= 11 is 0. The van der Waals surface area contributed by atoms with Crippen LogP contribution < -0.4 is 0 Å². The highest BCUT2D eigenvalue weighted by Gasteiger charge is 2.16. The van der Waals surface area contributed by atoms with E-state index in [1.54, 1.807) is 24.1 Å². The summed E-state index contributed by atoms with van der Waals surface area (Å²) in [7, 11) is 1.79. The zero-order chi connectivity index (χ0) is 12.3. The second-order valence-electron chi connectivity index (χ2n) is 4.17. The van der Waals surface area contributed by atoms with Gasteiger partial charge in [-0.15, -0.1) is 0 Å². The van der Waals surface area contributed by atoms with E-state index in [0.29, 0.717) is 5.56 Å². The lowest BCUT2D eigenvalue weighted by Crippen LogP contribution is -2.34. The molecule has 0 radical (unpaired) electrons. The Hall–Kier alpha value is -1.51. The number of hydrogen-bond acceptors (Lipinski definition) is 2. The molecule has 16 heavy (non-hydrogen) atoms. The average Bonchev–Trinajstić information content (AvgIpc) is 2.29. The van der Waals surface area contributed by atoms with Crippen molar-refractivity contribution in [2.45, 2.75) is 33.2 Å². The Kier molecular flexibility index (Phi) is 3.93. The first-order valence-corrected chi connectivity index (χ1v) is 5.54. The smallest absolute Gasteiger partial charge is 0.253 e. The monoisotopic (exact) mass is 221 g/mol. The van der Waals surface area contributed by atoms with Crippen LogP contribution in [0, 0.1) is 6.92 Å². The standard InChI is InChI=1S/C13H19NO2/c1-5-10(3)14(4)13(16)11-7-6-9(2)12(15)8-11/h6-8,10,15H,5H2,1-4H3. The van der Waals surface area contributed by atoms with Crippen molar-refractivity contribution >= 4 is 5.91 Å². The van der Waals surface area contributed by atoms with Crippen LogP contribution in [0.15, 0.2) is 18.2 Å². The molecule has 1 aromatic carbocycles. The third kappa shape index (κ3) is 2.54. The van der Waals surface area contributed by atoms with E-state index in [-0.39, 0.29) is 17.7 Å². The van der Waals surface area contributed by atoms with Crippen LogP contribution in [-0.2, 0) is 0 Å². The molecule has 1 rings (SSSR count). The summed E-state index contributed by atoms with van der Waals surface area (Å²) in [6, 6.07) is 5.23. The van der Waals surface area contributed by atoms with Crippen LogP contribution >= 0.6 is 0 Å². The van der Waals surface area contributed by atoms with Gasteiger partial charge in [-0.05, 0) is 38.0 Å². The van der Waals surface area contributed by atoms with Crippen LogP contribution in [0.3, 0.4) is 0 Å². The summed E-state index contributed by atoms with van der Waals surface area (Å²) in [5.41, 5.74) is 1.31. The highest BCUT2D eigenvalue weighted by atomic mass is 16.3. The molecule has 0 bridgehead atoms. The molecule has 0 aliphatic carbocycles. The van der Waals surface area contributed by atoms with E-state index in [4.69, 9.17) is 0 Å². The maximum absolute atomic E-state index is 12.0. The topological polar surface area (TPSA) is 40.5 Å². The Morgan fingerprint density at radius 2 is 2.12 bits per heavy atom. The molecule has 3 nitrogen and oxygen atoms in total. The molecule has 1 aromatic rings. The first kappa shape index (κ1) is 12.6. The van der Waals surface area contributed by atoms with Gasteiger partial charge in [0.2, 0.25) is 0 Å². The van der Waals surface area contributed by atoms with E-state index in [1.165, 1.54) is 6.07 Å². The van der Waals surface area contributed by atoms with Crippen molar-refractivity contribution in [1.29, 1.82) is 0 Å². The Labute approximate surface area is 96.7 Å². The van der Waals surface area contributed by atoms with Gasteiger partial charge in [0.15, 0.2) is 0 Å². The predicted octanol–water partition coefficient (Wildman–Crippen LogP) is 2.57. The average molecular weight is 221 g/mol. The molecule has 0 spiro atoms. The fourth-order valence-electron chi connectivity index (χ4n) is 1.42. The number of phenols is 1. The summed E-state index contributed by atoms with van der Waals surface area (Å²) in [4.78, 5) is 13.7. The van der Waals surface area contributed by atoms with Gasteiger partial charge in [0, 0.05) is 18.7 Å². The zero-order valence-corrected chi connectivity index (χ0v) is 10.3. The third-order valence-electron chi connectivity index (χ3n) is 3.03. The molecule has 1 N–H and O–H groups in total. The van der Waals surface area contributed by atoms with Gasteiger partial charge in [-0.3, -0.25) is 4.79 Å². The van der Waals surface area contributed by atoms with Gasteiger partial charge in [0.1, 0.15) is 5.75 Å². The number of amides is 1. The number of carbonyl (C=O) groups is 1. The second-order valence-corrected chi connectivity index (χ2v) is 4.17. The zero-order valence-electron chi connectivity index (χ0n) is 10.3. The summed E-state index contributed by atoms with van der Waals surface area (Å²) in [6.07, 6.45) is 0.917. The maximum Gasteiger partial charge on any atom is 0.253 e. The lowest BCUT2D eigenvalue weighted by molar-refractivity contribution is 0.0740. The van der Waals surface area contributed by atoms with E-state index in [0.717, 1.165) is 12.0 Å². The molecule has 0 fully saturated rings. The number of phenolic OH excluding ortho intramolecular Hbond substituents is 1. The van der Waals surface area contributed by atoms with Gasteiger partial charge >= 0.3 is 0 Å². The van der Waals surface area contributed by atoms with Gasteiger partial charge in [0.05, 0.1) is 0 Å². The Morgan fingerprint density at radius 3 is 2.62 bits per heavy atom. The number of aryl methyl sites for hydroxylation is 1. The molecular formula is C13H19NO2. The van der Waals surface area contributed by atoms with Crippen molar-refractivity contribution in [3.8, 4) is 5.75 Å². The van der Waals surface area contributed by atoms with Crippen molar-refractivity contribution in [1.82, 2.24) is 4.90 Å². The minimum absolute atomic E-state index is 0.0512. The number of nitrogens with zero attached hydrogens (tertiary/aromatic N) is 1. The molecule has 0 aliphatic rings. The van der Waals surface area contributed by atoms with E-state index in [2.05, 4.69) is 0 Å². The van der Waals surface area contributed by atoms with Gasteiger partial charge in [0.25, 0.3) is 5.91 Å². The van der Waals surface area contributed by atoms with Gasteiger partial charge in [-0.1, -0.05) is 13.0 Å². The van der Waals surface area contributed by atoms with Crippen LogP contribution in [0.1, 0.15) is 36.2 Å². The molecule has 0 aliphatic heterocycles. The summed E-state index contributed by atoms with van der Waals surface area (Å²) in [5, 5.41) is 9.56. The van der Waals surface area contributed by atoms with Crippen molar-refractivity contribution in [2.24, 2.45) is 0 Å². The van der Waals surface area contributed by atoms with Gasteiger partial charge in [-0.2, -0.15) is 0 Å². The van der Waals surface area contributed by atoms with Crippen molar-refractivity contribution in [3.63, 3.8) is 0 Å². The van der Waals surface area contributed by atoms with E-state index in [9.17, 15) is 9.90 Å². The van der Waals surface area contributed by atoms with Crippen molar-refractivity contribution in [2.75, 3.05) is 7.05 Å². The summed E-state index contributed by atoms with van der Waals surface area (Å²) in [5.74, 6) is 0.119. The highest BCUT2D eigenvalue weighted by molar-refractivity contribution is 5.94. The Balaban J connectivity index is 2.92. The molecule has 1 amide bonds. The van der Waals surface area contributed by atoms with Gasteiger partial charge in [-0.25, -0.2) is 0 Å². The molecule has 3 heteroatoms.